The van der Waals surface area contributed by atoms with Gasteiger partial charge in [-0.2, -0.15) is 18.4 Å². The summed E-state index contributed by atoms with van der Waals surface area (Å²) in [7, 11) is 0. The number of carboxylic acid groups (broad SMARTS) is 1. The molecular formula is C10H5ClF3NO2. The van der Waals surface area contributed by atoms with Gasteiger partial charge >= 0.3 is 12.1 Å². The van der Waals surface area contributed by atoms with Crippen LogP contribution in [0.3, 0.4) is 0 Å². The van der Waals surface area contributed by atoms with E-state index in [9.17, 15) is 18.0 Å². The Morgan fingerprint density at radius 2 is 2.06 bits per heavy atom. The number of nitrogens with zero attached hydrogens (tertiary/aromatic N) is 1. The van der Waals surface area contributed by atoms with E-state index < -0.39 is 34.7 Å². The molecule has 7 heteroatoms. The summed E-state index contributed by atoms with van der Waals surface area (Å²) in [6.07, 6.45) is -4.82. The van der Waals surface area contributed by atoms with Crippen LogP contribution < -0.4 is 0 Å². The number of benzene rings is 1. The number of nitriles is 1. The molecule has 0 saturated carbocycles. The Kier molecular flexibility index (Phi) is 3.63. The lowest BCUT2D eigenvalue weighted by Gasteiger charge is -2.14. The third-order valence-electron chi connectivity index (χ3n) is 2.06. The van der Waals surface area contributed by atoms with E-state index in [1.807, 2.05) is 0 Å². The van der Waals surface area contributed by atoms with Gasteiger partial charge in [-0.15, -0.1) is 11.6 Å². The number of rotatable bonds is 2. The van der Waals surface area contributed by atoms with Crippen molar-refractivity contribution in [1.82, 2.24) is 0 Å². The van der Waals surface area contributed by atoms with E-state index in [0.717, 1.165) is 12.1 Å². The van der Waals surface area contributed by atoms with Gasteiger partial charge in [-0.25, -0.2) is 4.79 Å². The minimum Gasteiger partial charge on any atom is -0.478 e. The van der Waals surface area contributed by atoms with Crippen molar-refractivity contribution in [1.29, 1.82) is 5.26 Å². The molecule has 90 valence electrons. The third-order valence-corrected chi connectivity index (χ3v) is 2.35. The molecule has 0 aromatic heterocycles. The topological polar surface area (TPSA) is 61.1 Å². The van der Waals surface area contributed by atoms with Gasteiger partial charge in [0, 0.05) is 5.88 Å². The van der Waals surface area contributed by atoms with Crippen LogP contribution in [-0.2, 0) is 12.1 Å². The molecule has 1 aromatic rings. The highest BCUT2D eigenvalue weighted by Crippen LogP contribution is 2.36. The summed E-state index contributed by atoms with van der Waals surface area (Å²) in [4.78, 5) is 10.7. The lowest BCUT2D eigenvalue weighted by molar-refractivity contribution is -0.138. The summed E-state index contributed by atoms with van der Waals surface area (Å²) in [5.74, 6) is -2.04. The Hall–Kier alpha value is -1.74. The maximum absolute atomic E-state index is 12.7. The Balaban J connectivity index is 3.69. The summed E-state index contributed by atoms with van der Waals surface area (Å²) >= 11 is 5.34. The lowest BCUT2D eigenvalue weighted by atomic mass is 9.97. The average molecular weight is 264 g/mol. The van der Waals surface area contributed by atoms with Gasteiger partial charge < -0.3 is 5.11 Å². The number of halogens is 4. The Bertz CT molecular complexity index is 505. The average Bonchev–Trinajstić information content (AvgIpc) is 2.25. The van der Waals surface area contributed by atoms with Gasteiger partial charge in [-0.1, -0.05) is 6.07 Å². The fourth-order valence-corrected chi connectivity index (χ4v) is 1.60. The predicted molar refractivity (Wildman–Crippen MR) is 52.7 cm³/mol. The summed E-state index contributed by atoms with van der Waals surface area (Å²) in [6, 6.07) is 3.16. The molecule has 17 heavy (non-hydrogen) atoms. The molecule has 1 N–H and O–H groups in total. The molecule has 0 spiro atoms. The molecule has 0 fully saturated rings. The molecule has 0 aliphatic heterocycles. The van der Waals surface area contributed by atoms with Crippen LogP contribution in [0, 0.1) is 11.3 Å². The first-order valence-corrected chi connectivity index (χ1v) is 4.78. The van der Waals surface area contributed by atoms with E-state index in [1.165, 1.54) is 6.07 Å². The van der Waals surface area contributed by atoms with Crippen molar-refractivity contribution < 1.29 is 23.1 Å². The molecule has 0 atom stereocenters. The second-order valence-electron chi connectivity index (χ2n) is 3.07. The number of alkyl halides is 4. The minimum atomic E-state index is -4.82. The molecule has 0 saturated heterocycles. The van der Waals surface area contributed by atoms with E-state index in [2.05, 4.69) is 0 Å². The van der Waals surface area contributed by atoms with Gasteiger partial charge in [0.1, 0.15) is 6.07 Å². The fourth-order valence-electron chi connectivity index (χ4n) is 1.38. The highest BCUT2D eigenvalue weighted by molar-refractivity contribution is 6.17. The van der Waals surface area contributed by atoms with Crippen LogP contribution in [0.4, 0.5) is 13.2 Å². The van der Waals surface area contributed by atoms with Crippen LogP contribution >= 0.6 is 11.6 Å². The van der Waals surface area contributed by atoms with Crippen molar-refractivity contribution in [3.05, 3.63) is 34.4 Å². The van der Waals surface area contributed by atoms with E-state index in [-0.39, 0.29) is 5.56 Å². The first kappa shape index (κ1) is 13.3. The number of aromatic carboxylic acids is 1. The minimum absolute atomic E-state index is 0.319. The smallest absolute Gasteiger partial charge is 0.418 e. The maximum Gasteiger partial charge on any atom is 0.418 e. The normalized spacial score (nSPS) is 11.0. The van der Waals surface area contributed by atoms with E-state index in [0.29, 0.717) is 0 Å². The summed E-state index contributed by atoms with van der Waals surface area (Å²) in [5.41, 5.74) is -3.20. The summed E-state index contributed by atoms with van der Waals surface area (Å²) < 4.78 is 38.2. The first-order valence-electron chi connectivity index (χ1n) is 4.25. The second kappa shape index (κ2) is 4.63. The fraction of sp³-hybridized carbons (Fsp3) is 0.200. The molecule has 0 bridgehead atoms. The number of carbonyl (C=O) groups is 1. The zero-order valence-electron chi connectivity index (χ0n) is 8.18. The second-order valence-corrected chi connectivity index (χ2v) is 3.34. The van der Waals surface area contributed by atoms with Crippen molar-refractivity contribution >= 4 is 17.6 Å². The summed E-state index contributed by atoms with van der Waals surface area (Å²) in [6.45, 7) is 0. The van der Waals surface area contributed by atoms with Crippen molar-refractivity contribution in [2.75, 3.05) is 0 Å². The van der Waals surface area contributed by atoms with Gasteiger partial charge in [0.25, 0.3) is 0 Å². The van der Waals surface area contributed by atoms with Crippen LogP contribution in [0.2, 0.25) is 0 Å². The summed E-state index contributed by atoms with van der Waals surface area (Å²) in [5, 5.41) is 17.4. The van der Waals surface area contributed by atoms with Crippen LogP contribution in [0.15, 0.2) is 12.1 Å². The molecule has 3 nitrogen and oxygen atoms in total. The van der Waals surface area contributed by atoms with Gasteiger partial charge in [-0.05, 0) is 11.6 Å². The predicted octanol–water partition coefficient (Wildman–Crippen LogP) is 3.01. The molecule has 0 aliphatic rings. The largest absolute Gasteiger partial charge is 0.478 e. The van der Waals surface area contributed by atoms with Crippen molar-refractivity contribution in [3.8, 4) is 6.07 Å². The van der Waals surface area contributed by atoms with E-state index in [4.69, 9.17) is 22.0 Å². The van der Waals surface area contributed by atoms with Crippen molar-refractivity contribution in [2.45, 2.75) is 12.1 Å². The SMILES string of the molecule is N#Cc1c(C(=O)O)ccc(CCl)c1C(F)(F)F. The van der Waals surface area contributed by atoms with Crippen LogP contribution in [0.1, 0.15) is 27.0 Å². The first-order chi connectivity index (χ1) is 7.82. The quantitative estimate of drug-likeness (QED) is 0.834. The standard InChI is InChI=1S/C10H5ClF3NO2/c11-3-5-1-2-6(9(16)17)7(4-15)8(5)10(12,13)14/h1-2H,3H2,(H,16,17). The molecule has 1 aromatic carbocycles. The third kappa shape index (κ3) is 2.50. The number of hydrogen-bond donors (Lipinski definition) is 1. The monoisotopic (exact) mass is 263 g/mol. The Morgan fingerprint density at radius 1 is 1.47 bits per heavy atom. The van der Waals surface area contributed by atoms with Gasteiger partial charge in [-0.3, -0.25) is 0 Å². The molecule has 0 unspecified atom stereocenters. The molecular weight excluding hydrogens is 259 g/mol. The van der Waals surface area contributed by atoms with E-state index >= 15 is 0 Å². The van der Waals surface area contributed by atoms with Crippen LogP contribution in [0.25, 0.3) is 0 Å². The zero-order chi connectivity index (χ0) is 13.2. The molecule has 0 heterocycles. The van der Waals surface area contributed by atoms with E-state index in [1.54, 1.807) is 0 Å². The van der Waals surface area contributed by atoms with Crippen LogP contribution in [0.5, 0.6) is 0 Å². The maximum atomic E-state index is 12.7. The highest BCUT2D eigenvalue weighted by Gasteiger charge is 2.38. The Labute approximate surface area is 99.0 Å². The highest BCUT2D eigenvalue weighted by atomic mass is 35.5. The van der Waals surface area contributed by atoms with Gasteiger partial charge in [0.15, 0.2) is 0 Å². The molecule has 0 radical (unpaired) electrons. The zero-order valence-corrected chi connectivity index (χ0v) is 8.93. The van der Waals surface area contributed by atoms with Crippen LogP contribution in [-0.4, -0.2) is 11.1 Å². The van der Waals surface area contributed by atoms with Gasteiger partial charge in [0.2, 0.25) is 0 Å². The van der Waals surface area contributed by atoms with Gasteiger partial charge in [0.05, 0.1) is 16.7 Å². The van der Waals surface area contributed by atoms with Crippen molar-refractivity contribution in [3.63, 3.8) is 0 Å². The van der Waals surface area contributed by atoms with Crippen molar-refractivity contribution in [2.24, 2.45) is 0 Å². The molecule has 1 rings (SSSR count). The Morgan fingerprint density at radius 3 is 2.41 bits per heavy atom. The number of hydrogen-bond acceptors (Lipinski definition) is 2. The molecule has 0 amide bonds. The molecule has 0 aliphatic carbocycles. The lowest BCUT2D eigenvalue weighted by Crippen LogP contribution is -2.15. The number of carboxylic acids is 1.